The van der Waals surface area contributed by atoms with E-state index in [4.69, 9.17) is 14.2 Å². The number of carbonyl (C=O) groups is 1. The Morgan fingerprint density at radius 3 is 2.68 bits per heavy atom. The van der Waals surface area contributed by atoms with Crippen molar-refractivity contribution in [3.8, 4) is 28.6 Å². The van der Waals surface area contributed by atoms with Gasteiger partial charge in [-0.25, -0.2) is 9.67 Å². The molecule has 0 spiro atoms. The molecule has 4 aromatic rings. The van der Waals surface area contributed by atoms with Crippen molar-refractivity contribution in [1.29, 1.82) is 0 Å². The molecule has 2 aromatic heterocycles. The number of rotatable bonds is 11. The Morgan fingerprint density at radius 2 is 1.89 bits per heavy atom. The monoisotopic (exact) mass is 515 g/mol. The highest BCUT2D eigenvalue weighted by Crippen LogP contribution is 2.31. The summed E-state index contributed by atoms with van der Waals surface area (Å²) in [6, 6.07) is 18.9. The molecule has 1 aliphatic rings. The quantitative estimate of drug-likeness (QED) is 0.216. The lowest BCUT2D eigenvalue weighted by molar-refractivity contribution is -0.119. The van der Waals surface area contributed by atoms with Gasteiger partial charge in [-0.05, 0) is 72.4 Å². The lowest BCUT2D eigenvalue weighted by atomic mass is 10.1. The van der Waals surface area contributed by atoms with Gasteiger partial charge in [-0.1, -0.05) is 13.1 Å². The predicted octanol–water partition coefficient (Wildman–Crippen LogP) is 5.28. The third-order valence-electron chi connectivity index (χ3n) is 6.27. The molecule has 0 aliphatic carbocycles. The van der Waals surface area contributed by atoms with Gasteiger partial charge in [-0.3, -0.25) is 4.79 Å². The van der Waals surface area contributed by atoms with Crippen LogP contribution in [0.15, 0.2) is 67.0 Å². The fourth-order valence-electron chi connectivity index (χ4n) is 4.23. The highest BCUT2D eigenvalue weighted by molar-refractivity contribution is 6.55. The third kappa shape index (κ3) is 6.36. The van der Waals surface area contributed by atoms with E-state index in [1.165, 1.54) is 0 Å². The third-order valence-corrected chi connectivity index (χ3v) is 7.47. The molecule has 8 nitrogen and oxygen atoms in total. The Kier molecular flexibility index (Phi) is 7.81. The first-order valence-electron chi connectivity index (χ1n) is 12.5. The van der Waals surface area contributed by atoms with Crippen molar-refractivity contribution in [3.63, 3.8) is 0 Å². The van der Waals surface area contributed by atoms with Crippen LogP contribution in [-0.2, 0) is 16.3 Å². The fraction of sp³-hybridized carbons (Fsp3) is 0.321. The van der Waals surface area contributed by atoms with Crippen LogP contribution >= 0.6 is 0 Å². The average Bonchev–Trinajstić information content (AvgIpc) is 3.54. The second-order valence-corrected chi connectivity index (χ2v) is 12.4. The van der Waals surface area contributed by atoms with Gasteiger partial charge in [0.15, 0.2) is 0 Å². The number of nitrogens with one attached hydrogen (secondary N) is 1. The SMILES string of the molecule is C[Si](C)CCOCn1nccc1-c1ccc(Oc2ccc3c(OC[C@@H]4CCC(=O)N4)nccc3c2)cc1. The first-order chi connectivity index (χ1) is 18.0. The van der Waals surface area contributed by atoms with Gasteiger partial charge in [0.05, 0.1) is 11.7 Å². The Hall–Kier alpha value is -3.69. The number of aromatic nitrogens is 3. The molecular weight excluding hydrogens is 484 g/mol. The van der Waals surface area contributed by atoms with E-state index in [0.29, 0.717) is 25.6 Å². The van der Waals surface area contributed by atoms with E-state index in [0.717, 1.165) is 52.6 Å². The number of hydrogen-bond acceptors (Lipinski definition) is 6. The molecule has 37 heavy (non-hydrogen) atoms. The van der Waals surface area contributed by atoms with Crippen molar-refractivity contribution in [2.75, 3.05) is 13.2 Å². The number of ether oxygens (including phenoxy) is 3. The number of nitrogens with zero attached hydrogens (tertiary/aromatic N) is 3. The van der Waals surface area contributed by atoms with Gasteiger partial charge in [0.1, 0.15) is 24.8 Å². The van der Waals surface area contributed by atoms with Crippen LogP contribution in [0.25, 0.3) is 22.0 Å². The van der Waals surface area contributed by atoms with Gasteiger partial charge in [0, 0.05) is 45.2 Å². The van der Waals surface area contributed by atoms with E-state index >= 15 is 0 Å². The molecule has 1 amide bonds. The maximum absolute atomic E-state index is 11.4. The standard InChI is InChI=1S/C28H31N4O4Si/c1-37(2)16-15-34-19-32-26(12-14-30-32)20-3-6-23(7-4-20)36-24-8-9-25-21(17-24)11-13-29-28(25)35-18-22-5-10-27(33)31-22/h3-4,6-9,11-14,17,22H,5,10,15-16,18-19H2,1-2H3,(H,31,33)/t22-/m0/s1. The molecule has 9 heteroatoms. The van der Waals surface area contributed by atoms with Crippen molar-refractivity contribution in [3.05, 3.63) is 67.0 Å². The van der Waals surface area contributed by atoms with Crippen molar-refractivity contribution < 1.29 is 19.0 Å². The maximum Gasteiger partial charge on any atom is 0.221 e. The zero-order valence-corrected chi connectivity index (χ0v) is 22.1. The lowest BCUT2D eigenvalue weighted by Gasteiger charge is -2.13. The molecule has 1 aliphatic heterocycles. The van der Waals surface area contributed by atoms with Crippen LogP contribution in [0.1, 0.15) is 12.8 Å². The van der Waals surface area contributed by atoms with Gasteiger partial charge in [-0.2, -0.15) is 5.10 Å². The Balaban J connectivity index is 1.22. The first-order valence-corrected chi connectivity index (χ1v) is 15.2. The van der Waals surface area contributed by atoms with Crippen LogP contribution in [0, 0.1) is 0 Å². The summed E-state index contributed by atoms with van der Waals surface area (Å²) in [5.41, 5.74) is 2.06. The molecule has 191 valence electrons. The molecule has 0 saturated carbocycles. The molecule has 1 atom stereocenters. The molecular formula is C28H31N4O4Si. The summed E-state index contributed by atoms with van der Waals surface area (Å²) >= 11 is 0. The number of pyridine rings is 1. The topological polar surface area (TPSA) is 87.5 Å². The summed E-state index contributed by atoms with van der Waals surface area (Å²) in [6.07, 6.45) is 4.86. The van der Waals surface area contributed by atoms with Crippen LogP contribution in [0.5, 0.6) is 17.4 Å². The Bertz CT molecular complexity index is 1360. The smallest absolute Gasteiger partial charge is 0.221 e. The number of fused-ring (bicyclic) bond motifs is 1. The van der Waals surface area contributed by atoms with Crippen LogP contribution in [0.2, 0.25) is 19.1 Å². The summed E-state index contributed by atoms with van der Waals surface area (Å²) in [5.74, 6) is 2.10. The van der Waals surface area contributed by atoms with Gasteiger partial charge in [0.2, 0.25) is 11.8 Å². The number of hydrogen-bond donors (Lipinski definition) is 1. The van der Waals surface area contributed by atoms with Gasteiger partial charge in [0.25, 0.3) is 0 Å². The van der Waals surface area contributed by atoms with Crippen molar-refractivity contribution >= 4 is 25.5 Å². The number of carbonyl (C=O) groups excluding carboxylic acids is 1. The van der Waals surface area contributed by atoms with E-state index < -0.39 is 0 Å². The summed E-state index contributed by atoms with van der Waals surface area (Å²) in [5, 5.41) is 9.20. The summed E-state index contributed by atoms with van der Waals surface area (Å²) in [4.78, 5) is 15.8. The summed E-state index contributed by atoms with van der Waals surface area (Å²) in [6.45, 7) is 6.20. The Labute approximate surface area is 218 Å². The minimum absolute atomic E-state index is 0.0345. The molecule has 2 aromatic carbocycles. The van der Waals surface area contributed by atoms with E-state index in [2.05, 4.69) is 28.5 Å². The molecule has 1 fully saturated rings. The van der Waals surface area contributed by atoms with Crippen LogP contribution in [0.3, 0.4) is 0 Å². The minimum atomic E-state index is -0.279. The van der Waals surface area contributed by atoms with E-state index in [9.17, 15) is 4.79 Å². The Morgan fingerprint density at radius 1 is 1.05 bits per heavy atom. The predicted molar refractivity (Wildman–Crippen MR) is 144 cm³/mol. The van der Waals surface area contributed by atoms with Gasteiger partial charge < -0.3 is 19.5 Å². The highest BCUT2D eigenvalue weighted by atomic mass is 28.3. The molecule has 1 radical (unpaired) electrons. The zero-order valence-electron chi connectivity index (χ0n) is 21.1. The van der Waals surface area contributed by atoms with Crippen molar-refractivity contribution in [2.45, 2.75) is 44.8 Å². The minimum Gasteiger partial charge on any atom is -0.475 e. The lowest BCUT2D eigenvalue weighted by Crippen LogP contribution is -2.31. The van der Waals surface area contributed by atoms with Gasteiger partial charge >= 0.3 is 0 Å². The molecule has 0 bridgehead atoms. The zero-order chi connectivity index (χ0) is 25.6. The normalized spacial score (nSPS) is 15.3. The fourth-order valence-corrected chi connectivity index (χ4v) is 4.78. The summed E-state index contributed by atoms with van der Waals surface area (Å²) in [7, 11) is -0.279. The highest BCUT2D eigenvalue weighted by Gasteiger charge is 2.21. The second-order valence-electron chi connectivity index (χ2n) is 9.45. The molecule has 0 unspecified atom stereocenters. The van der Waals surface area contributed by atoms with Crippen LogP contribution in [0.4, 0.5) is 0 Å². The molecule has 1 saturated heterocycles. The van der Waals surface area contributed by atoms with Crippen molar-refractivity contribution in [1.82, 2.24) is 20.1 Å². The van der Waals surface area contributed by atoms with Gasteiger partial charge in [-0.15, -0.1) is 0 Å². The van der Waals surface area contributed by atoms with E-state index in [1.807, 2.05) is 59.3 Å². The number of amides is 1. The van der Waals surface area contributed by atoms with Crippen LogP contribution in [-0.4, -0.2) is 48.7 Å². The molecule has 5 rings (SSSR count). The van der Waals surface area contributed by atoms with Crippen molar-refractivity contribution in [2.24, 2.45) is 0 Å². The largest absolute Gasteiger partial charge is 0.475 e. The second kappa shape index (κ2) is 11.6. The van der Waals surface area contributed by atoms with Crippen LogP contribution < -0.4 is 14.8 Å². The molecule has 3 heterocycles. The van der Waals surface area contributed by atoms with E-state index in [1.54, 1.807) is 12.4 Å². The summed E-state index contributed by atoms with van der Waals surface area (Å²) < 4.78 is 19.8. The maximum atomic E-state index is 11.4. The van der Waals surface area contributed by atoms with E-state index in [-0.39, 0.29) is 20.7 Å². The number of benzene rings is 2. The molecule has 1 N–H and O–H groups in total. The average molecular weight is 516 g/mol. The first kappa shape index (κ1) is 25.0.